The molecule has 0 atom stereocenters. The summed E-state index contributed by atoms with van der Waals surface area (Å²) in [5, 5.41) is 2.95. The van der Waals surface area contributed by atoms with Gasteiger partial charge in [-0.1, -0.05) is 0 Å². The lowest BCUT2D eigenvalue weighted by Crippen LogP contribution is -2.57. The highest BCUT2D eigenvalue weighted by atomic mass is 16.5. The van der Waals surface area contributed by atoms with Gasteiger partial charge in [-0.05, 0) is 32.7 Å². The molecular weight excluding hydrogens is 218 g/mol. The third-order valence-corrected chi connectivity index (χ3v) is 3.76. The Morgan fingerprint density at radius 3 is 2.71 bits per heavy atom. The molecule has 0 aromatic heterocycles. The van der Waals surface area contributed by atoms with Gasteiger partial charge in [0.25, 0.3) is 0 Å². The number of nitrogens with two attached hydrogens (primary N) is 1. The van der Waals surface area contributed by atoms with Gasteiger partial charge in [0.05, 0.1) is 5.54 Å². The summed E-state index contributed by atoms with van der Waals surface area (Å²) in [5.41, 5.74) is 5.37. The number of ether oxygens (including phenoxy) is 1. The highest BCUT2D eigenvalue weighted by Gasteiger charge is 2.35. The van der Waals surface area contributed by atoms with Gasteiger partial charge in [0.2, 0.25) is 5.91 Å². The molecule has 1 saturated carbocycles. The zero-order valence-corrected chi connectivity index (χ0v) is 10.6. The van der Waals surface area contributed by atoms with Crippen LogP contribution in [0.5, 0.6) is 0 Å². The van der Waals surface area contributed by atoms with Gasteiger partial charge in [0.15, 0.2) is 0 Å². The quantitative estimate of drug-likeness (QED) is 0.694. The van der Waals surface area contributed by atoms with Crippen molar-refractivity contribution in [2.24, 2.45) is 5.73 Å². The first kappa shape index (κ1) is 12.8. The molecule has 2 fully saturated rings. The molecule has 0 bridgehead atoms. The lowest BCUT2D eigenvalue weighted by molar-refractivity contribution is -0.129. The number of rotatable bonds is 5. The minimum absolute atomic E-state index is 0.0232. The Morgan fingerprint density at radius 1 is 1.47 bits per heavy atom. The number of nitrogens with zero attached hydrogens (tertiary/aromatic N) is 1. The average Bonchev–Trinajstić information content (AvgIpc) is 3.13. The Kier molecular flexibility index (Phi) is 4.01. The number of amides is 1. The van der Waals surface area contributed by atoms with E-state index >= 15 is 0 Å². The topological polar surface area (TPSA) is 67.6 Å². The Balaban J connectivity index is 1.68. The lowest BCUT2D eigenvalue weighted by atomic mass is 9.90. The van der Waals surface area contributed by atoms with Gasteiger partial charge in [-0.15, -0.1) is 0 Å². The molecule has 0 unspecified atom stereocenters. The first-order chi connectivity index (χ1) is 8.12. The standard InChI is InChI=1S/C12H23N3O2/c1-15(10-2-3-10)7-6-14-11(16)12(13)4-8-17-9-5-12/h10H,2-9,13H2,1H3,(H,14,16). The van der Waals surface area contributed by atoms with Crippen molar-refractivity contribution in [2.45, 2.75) is 37.3 Å². The summed E-state index contributed by atoms with van der Waals surface area (Å²) in [4.78, 5) is 14.3. The van der Waals surface area contributed by atoms with E-state index in [0.717, 1.165) is 12.6 Å². The van der Waals surface area contributed by atoms with Crippen molar-refractivity contribution in [3.05, 3.63) is 0 Å². The van der Waals surface area contributed by atoms with Crippen LogP contribution < -0.4 is 11.1 Å². The van der Waals surface area contributed by atoms with Crippen LogP contribution in [0, 0.1) is 0 Å². The fourth-order valence-corrected chi connectivity index (χ4v) is 2.18. The maximum absolute atomic E-state index is 12.0. The first-order valence-electron chi connectivity index (χ1n) is 6.47. The summed E-state index contributed by atoms with van der Waals surface area (Å²) >= 11 is 0. The predicted octanol–water partition coefficient (Wildman–Crippen LogP) is -0.295. The van der Waals surface area contributed by atoms with Gasteiger partial charge in [-0.25, -0.2) is 0 Å². The molecule has 1 amide bonds. The Bertz CT molecular complexity index is 273. The van der Waals surface area contributed by atoms with Gasteiger partial charge in [0, 0.05) is 32.3 Å². The lowest BCUT2D eigenvalue weighted by Gasteiger charge is -2.32. The molecule has 98 valence electrons. The molecule has 5 heteroatoms. The van der Waals surface area contributed by atoms with Gasteiger partial charge in [-0.3, -0.25) is 4.79 Å². The van der Waals surface area contributed by atoms with Crippen LogP contribution in [-0.2, 0) is 9.53 Å². The van der Waals surface area contributed by atoms with E-state index in [1.165, 1.54) is 12.8 Å². The highest BCUT2D eigenvalue weighted by Crippen LogP contribution is 2.24. The summed E-state index contributed by atoms with van der Waals surface area (Å²) in [6.45, 7) is 2.77. The van der Waals surface area contributed by atoms with E-state index in [4.69, 9.17) is 10.5 Å². The molecule has 0 aromatic carbocycles. The van der Waals surface area contributed by atoms with Crippen molar-refractivity contribution >= 4 is 5.91 Å². The maximum atomic E-state index is 12.0. The molecule has 2 rings (SSSR count). The monoisotopic (exact) mass is 241 g/mol. The van der Waals surface area contributed by atoms with Gasteiger partial charge < -0.3 is 20.7 Å². The van der Waals surface area contributed by atoms with Crippen molar-refractivity contribution in [3.8, 4) is 0 Å². The van der Waals surface area contributed by atoms with E-state index in [1.54, 1.807) is 0 Å². The molecular formula is C12H23N3O2. The summed E-state index contributed by atoms with van der Waals surface area (Å²) in [7, 11) is 2.11. The number of nitrogens with one attached hydrogen (secondary N) is 1. The van der Waals surface area contributed by atoms with Crippen LogP contribution >= 0.6 is 0 Å². The van der Waals surface area contributed by atoms with Crippen LogP contribution in [-0.4, -0.2) is 55.7 Å². The minimum atomic E-state index is -0.712. The van der Waals surface area contributed by atoms with Crippen LogP contribution in [0.4, 0.5) is 0 Å². The van der Waals surface area contributed by atoms with Crippen molar-refractivity contribution in [1.82, 2.24) is 10.2 Å². The van der Waals surface area contributed by atoms with Crippen LogP contribution in [0.15, 0.2) is 0 Å². The molecule has 1 heterocycles. The molecule has 0 aromatic rings. The second kappa shape index (κ2) is 5.33. The Labute approximate surface area is 103 Å². The van der Waals surface area contributed by atoms with Gasteiger partial charge in [0.1, 0.15) is 0 Å². The first-order valence-corrected chi connectivity index (χ1v) is 6.47. The van der Waals surface area contributed by atoms with E-state index in [9.17, 15) is 4.79 Å². The normalized spacial score (nSPS) is 23.7. The molecule has 1 aliphatic carbocycles. The predicted molar refractivity (Wildman–Crippen MR) is 65.6 cm³/mol. The molecule has 0 radical (unpaired) electrons. The van der Waals surface area contributed by atoms with Crippen molar-refractivity contribution in [1.29, 1.82) is 0 Å². The van der Waals surface area contributed by atoms with Crippen molar-refractivity contribution < 1.29 is 9.53 Å². The summed E-state index contributed by atoms with van der Waals surface area (Å²) in [5.74, 6) is -0.0232. The summed E-state index contributed by atoms with van der Waals surface area (Å²) in [6.07, 6.45) is 3.83. The number of carbonyl (C=O) groups excluding carboxylic acids is 1. The molecule has 0 spiro atoms. The summed E-state index contributed by atoms with van der Waals surface area (Å²) < 4.78 is 5.23. The van der Waals surface area contributed by atoms with E-state index in [0.29, 0.717) is 32.6 Å². The number of hydrogen-bond donors (Lipinski definition) is 2. The highest BCUT2D eigenvalue weighted by molar-refractivity contribution is 5.86. The average molecular weight is 241 g/mol. The number of hydrogen-bond acceptors (Lipinski definition) is 4. The molecule has 1 aliphatic heterocycles. The van der Waals surface area contributed by atoms with Crippen LogP contribution in [0.2, 0.25) is 0 Å². The molecule has 5 nitrogen and oxygen atoms in total. The van der Waals surface area contributed by atoms with Gasteiger partial charge in [-0.2, -0.15) is 0 Å². The third-order valence-electron chi connectivity index (χ3n) is 3.76. The number of likely N-dealkylation sites (N-methyl/N-ethyl adjacent to an activating group) is 1. The van der Waals surface area contributed by atoms with E-state index in [-0.39, 0.29) is 5.91 Å². The molecule has 2 aliphatic rings. The van der Waals surface area contributed by atoms with Crippen LogP contribution in [0.25, 0.3) is 0 Å². The van der Waals surface area contributed by atoms with Gasteiger partial charge >= 0.3 is 0 Å². The summed E-state index contributed by atoms with van der Waals surface area (Å²) in [6, 6.07) is 0.738. The second-order valence-corrected chi connectivity index (χ2v) is 5.24. The van der Waals surface area contributed by atoms with Crippen LogP contribution in [0.1, 0.15) is 25.7 Å². The SMILES string of the molecule is CN(CCNC(=O)C1(N)CCOCC1)C1CC1. The van der Waals surface area contributed by atoms with Crippen molar-refractivity contribution in [3.63, 3.8) is 0 Å². The smallest absolute Gasteiger partial charge is 0.240 e. The molecule has 3 N–H and O–H groups in total. The largest absolute Gasteiger partial charge is 0.381 e. The fraction of sp³-hybridized carbons (Fsp3) is 0.917. The zero-order chi connectivity index (χ0) is 12.3. The molecule has 1 saturated heterocycles. The Hall–Kier alpha value is -0.650. The number of carbonyl (C=O) groups is 1. The maximum Gasteiger partial charge on any atom is 0.240 e. The molecule has 17 heavy (non-hydrogen) atoms. The van der Waals surface area contributed by atoms with Crippen molar-refractivity contribution in [2.75, 3.05) is 33.4 Å². The minimum Gasteiger partial charge on any atom is -0.381 e. The fourth-order valence-electron chi connectivity index (χ4n) is 2.18. The van der Waals surface area contributed by atoms with Crippen LogP contribution in [0.3, 0.4) is 0 Å². The Morgan fingerprint density at radius 2 is 2.12 bits per heavy atom. The third kappa shape index (κ3) is 3.40. The van der Waals surface area contributed by atoms with E-state index < -0.39 is 5.54 Å². The van der Waals surface area contributed by atoms with E-state index in [1.807, 2.05) is 0 Å². The second-order valence-electron chi connectivity index (χ2n) is 5.24. The zero-order valence-electron chi connectivity index (χ0n) is 10.6. The van der Waals surface area contributed by atoms with E-state index in [2.05, 4.69) is 17.3 Å².